The van der Waals surface area contributed by atoms with Crippen LogP contribution in [0.3, 0.4) is 0 Å². The minimum absolute atomic E-state index is 0.0408. The maximum atomic E-state index is 13.3. The molecular formula is C23H23NO4S. The molecule has 0 saturated heterocycles. The van der Waals surface area contributed by atoms with Crippen molar-refractivity contribution in [2.75, 3.05) is 13.1 Å². The third-order valence-electron chi connectivity index (χ3n) is 5.75. The fourth-order valence-electron chi connectivity index (χ4n) is 4.14. The molecule has 1 atom stereocenters. The van der Waals surface area contributed by atoms with Gasteiger partial charge in [0.25, 0.3) is 0 Å². The van der Waals surface area contributed by atoms with Crippen LogP contribution in [-0.2, 0) is 14.8 Å². The van der Waals surface area contributed by atoms with Crippen LogP contribution in [0.25, 0.3) is 0 Å². The normalized spacial score (nSPS) is 20.4. The van der Waals surface area contributed by atoms with Crippen LogP contribution >= 0.6 is 0 Å². The SMILES string of the molecule is Cc1ccc(S(=O)(=O)N2CC3=C(CCCC3=O)[C@H](C(=O)c3ccccc3)C2)cc1. The minimum atomic E-state index is -3.81. The first kappa shape index (κ1) is 19.7. The molecule has 6 heteroatoms. The van der Waals surface area contributed by atoms with Crippen molar-refractivity contribution >= 4 is 21.6 Å². The van der Waals surface area contributed by atoms with E-state index in [0.717, 1.165) is 11.1 Å². The van der Waals surface area contributed by atoms with Crippen molar-refractivity contribution in [2.45, 2.75) is 31.1 Å². The van der Waals surface area contributed by atoms with Crippen molar-refractivity contribution < 1.29 is 18.0 Å². The van der Waals surface area contributed by atoms with E-state index in [9.17, 15) is 18.0 Å². The zero-order chi connectivity index (χ0) is 20.6. The number of hydrogen-bond donors (Lipinski definition) is 0. The van der Waals surface area contributed by atoms with Crippen molar-refractivity contribution in [3.63, 3.8) is 0 Å². The lowest BCUT2D eigenvalue weighted by Crippen LogP contribution is -2.46. The Kier molecular flexibility index (Phi) is 5.23. The van der Waals surface area contributed by atoms with E-state index in [1.165, 1.54) is 4.31 Å². The van der Waals surface area contributed by atoms with Gasteiger partial charge in [-0.3, -0.25) is 9.59 Å². The molecule has 2 aromatic carbocycles. The number of nitrogens with zero attached hydrogens (tertiary/aromatic N) is 1. The molecule has 150 valence electrons. The van der Waals surface area contributed by atoms with E-state index >= 15 is 0 Å². The van der Waals surface area contributed by atoms with Crippen LogP contribution in [0.1, 0.15) is 35.2 Å². The van der Waals surface area contributed by atoms with Gasteiger partial charge < -0.3 is 0 Å². The van der Waals surface area contributed by atoms with Crippen LogP contribution in [0.2, 0.25) is 0 Å². The molecule has 0 aromatic heterocycles. The van der Waals surface area contributed by atoms with Crippen LogP contribution in [-0.4, -0.2) is 37.4 Å². The second-order valence-corrected chi connectivity index (χ2v) is 9.61. The Labute approximate surface area is 171 Å². The van der Waals surface area contributed by atoms with Gasteiger partial charge in [0.05, 0.1) is 10.8 Å². The van der Waals surface area contributed by atoms with Crippen LogP contribution in [0, 0.1) is 12.8 Å². The summed E-state index contributed by atoms with van der Waals surface area (Å²) in [5.41, 5.74) is 2.84. The van der Waals surface area contributed by atoms with Gasteiger partial charge in [-0.05, 0) is 37.5 Å². The van der Waals surface area contributed by atoms with Gasteiger partial charge in [-0.1, -0.05) is 48.0 Å². The maximum Gasteiger partial charge on any atom is 0.243 e. The Morgan fingerprint density at radius 2 is 1.69 bits per heavy atom. The highest BCUT2D eigenvalue weighted by Crippen LogP contribution is 2.36. The topological polar surface area (TPSA) is 71.5 Å². The molecule has 1 aliphatic carbocycles. The molecule has 5 nitrogen and oxygen atoms in total. The molecule has 0 spiro atoms. The van der Waals surface area contributed by atoms with Gasteiger partial charge in [0, 0.05) is 30.6 Å². The molecule has 29 heavy (non-hydrogen) atoms. The van der Waals surface area contributed by atoms with Gasteiger partial charge in [0.15, 0.2) is 11.6 Å². The molecular weight excluding hydrogens is 386 g/mol. The Morgan fingerprint density at radius 3 is 2.38 bits per heavy atom. The number of hydrogen-bond acceptors (Lipinski definition) is 4. The molecule has 4 rings (SSSR count). The molecule has 0 N–H and O–H groups in total. The second kappa shape index (κ2) is 7.69. The number of carbonyl (C=O) groups excluding carboxylic acids is 2. The summed E-state index contributed by atoms with van der Waals surface area (Å²) in [5.74, 6) is -0.789. The summed E-state index contributed by atoms with van der Waals surface area (Å²) in [7, 11) is -3.81. The monoisotopic (exact) mass is 409 g/mol. The molecule has 0 radical (unpaired) electrons. The lowest BCUT2D eigenvalue weighted by atomic mass is 9.78. The van der Waals surface area contributed by atoms with E-state index in [4.69, 9.17) is 0 Å². The van der Waals surface area contributed by atoms with Gasteiger partial charge >= 0.3 is 0 Å². The van der Waals surface area contributed by atoms with E-state index in [1.54, 1.807) is 48.5 Å². The number of aryl methyl sites for hydroxylation is 1. The maximum absolute atomic E-state index is 13.3. The summed E-state index contributed by atoms with van der Waals surface area (Å²) in [6.07, 6.45) is 1.78. The molecule has 0 amide bonds. The zero-order valence-electron chi connectivity index (χ0n) is 16.3. The van der Waals surface area contributed by atoms with Crippen LogP contribution in [0.5, 0.6) is 0 Å². The lowest BCUT2D eigenvalue weighted by molar-refractivity contribution is -0.116. The van der Waals surface area contributed by atoms with Crippen LogP contribution in [0.15, 0.2) is 70.6 Å². The largest absolute Gasteiger partial charge is 0.295 e. The third kappa shape index (κ3) is 3.70. The molecule has 1 aliphatic heterocycles. The highest BCUT2D eigenvalue weighted by atomic mass is 32.2. The fourth-order valence-corrected chi connectivity index (χ4v) is 5.56. The average molecular weight is 410 g/mol. The Balaban J connectivity index is 1.75. The third-order valence-corrected chi connectivity index (χ3v) is 7.57. The van der Waals surface area contributed by atoms with Gasteiger partial charge in [-0.2, -0.15) is 4.31 Å². The smallest absolute Gasteiger partial charge is 0.243 e. The van der Waals surface area contributed by atoms with Crippen LogP contribution < -0.4 is 0 Å². The van der Waals surface area contributed by atoms with Crippen molar-refractivity contribution in [3.8, 4) is 0 Å². The summed E-state index contributed by atoms with van der Waals surface area (Å²) in [6, 6.07) is 15.5. The Hall–Kier alpha value is -2.57. The molecule has 2 aromatic rings. The van der Waals surface area contributed by atoms with Gasteiger partial charge in [-0.15, -0.1) is 0 Å². The number of benzene rings is 2. The van der Waals surface area contributed by atoms with E-state index in [1.807, 2.05) is 13.0 Å². The number of Topliss-reactive ketones (excluding diaryl/α,β-unsaturated/α-hetero) is 2. The van der Waals surface area contributed by atoms with Gasteiger partial charge in [0.1, 0.15) is 0 Å². The highest BCUT2D eigenvalue weighted by molar-refractivity contribution is 7.89. The van der Waals surface area contributed by atoms with E-state index in [2.05, 4.69) is 0 Å². The molecule has 0 fully saturated rings. The number of carbonyl (C=O) groups is 2. The van der Waals surface area contributed by atoms with Crippen LogP contribution in [0.4, 0.5) is 0 Å². The number of sulfonamides is 1. The quantitative estimate of drug-likeness (QED) is 0.724. The molecule has 0 unspecified atom stereocenters. The first-order valence-corrected chi connectivity index (χ1v) is 11.2. The minimum Gasteiger partial charge on any atom is -0.295 e. The van der Waals surface area contributed by atoms with E-state index in [0.29, 0.717) is 30.4 Å². The zero-order valence-corrected chi connectivity index (χ0v) is 17.1. The molecule has 0 saturated carbocycles. The first-order chi connectivity index (χ1) is 13.9. The van der Waals surface area contributed by atoms with E-state index < -0.39 is 15.9 Å². The Bertz CT molecular complexity index is 1090. The van der Waals surface area contributed by atoms with Crippen molar-refractivity contribution in [3.05, 3.63) is 76.9 Å². The van der Waals surface area contributed by atoms with Gasteiger partial charge in [0.2, 0.25) is 10.0 Å². The average Bonchev–Trinajstić information content (AvgIpc) is 2.74. The first-order valence-electron chi connectivity index (χ1n) is 9.79. The predicted molar refractivity (Wildman–Crippen MR) is 110 cm³/mol. The molecule has 0 bridgehead atoms. The predicted octanol–water partition coefficient (Wildman–Crippen LogP) is 3.55. The van der Waals surface area contributed by atoms with E-state index in [-0.39, 0.29) is 29.6 Å². The molecule has 1 heterocycles. The second-order valence-electron chi connectivity index (χ2n) is 7.67. The summed E-state index contributed by atoms with van der Waals surface area (Å²) < 4.78 is 27.8. The summed E-state index contributed by atoms with van der Waals surface area (Å²) in [4.78, 5) is 26.0. The van der Waals surface area contributed by atoms with Crippen molar-refractivity contribution in [1.82, 2.24) is 4.31 Å². The fraction of sp³-hybridized carbons (Fsp3) is 0.304. The summed E-state index contributed by atoms with van der Waals surface area (Å²) in [6.45, 7) is 2.00. The number of ketones is 2. The standard InChI is InChI=1S/C23H23NO4S/c1-16-10-12-18(13-11-16)29(27,28)24-14-20-19(8-5-9-22(20)25)21(15-24)23(26)17-6-3-2-4-7-17/h2-4,6-7,10-13,21H,5,8-9,14-15H2,1H3/t21-/m1/s1. The van der Waals surface area contributed by atoms with Crippen molar-refractivity contribution in [2.24, 2.45) is 5.92 Å². The van der Waals surface area contributed by atoms with Gasteiger partial charge in [-0.25, -0.2) is 8.42 Å². The summed E-state index contributed by atoms with van der Waals surface area (Å²) in [5, 5.41) is 0. The van der Waals surface area contributed by atoms with Crippen molar-refractivity contribution in [1.29, 1.82) is 0 Å². The lowest BCUT2D eigenvalue weighted by Gasteiger charge is -2.36. The number of rotatable bonds is 4. The molecule has 2 aliphatic rings. The Morgan fingerprint density at radius 1 is 1.00 bits per heavy atom. The highest BCUT2D eigenvalue weighted by Gasteiger charge is 2.40. The summed E-state index contributed by atoms with van der Waals surface area (Å²) >= 11 is 0.